The van der Waals surface area contributed by atoms with Crippen molar-refractivity contribution in [3.63, 3.8) is 0 Å². The Kier molecular flexibility index (Phi) is 4.23. The molecule has 2 heteroatoms. The molecule has 0 saturated heterocycles. The maximum absolute atomic E-state index is 5.82. The van der Waals surface area contributed by atoms with Crippen molar-refractivity contribution in [3.05, 3.63) is 29.8 Å². The minimum Gasteiger partial charge on any atom is -0.399 e. The monoisotopic (exact) mass is 219 g/mol. The van der Waals surface area contributed by atoms with Gasteiger partial charge in [0.2, 0.25) is 0 Å². The number of aryl methyl sites for hydroxylation is 1. The fraction of sp³-hybridized carbons (Fsp3) is 0.571. The van der Waals surface area contributed by atoms with Crippen LogP contribution in [0.1, 0.15) is 37.7 Å². The van der Waals surface area contributed by atoms with Crippen LogP contribution in [-0.4, -0.2) is 12.7 Å². The summed E-state index contributed by atoms with van der Waals surface area (Å²) >= 11 is 0. The van der Waals surface area contributed by atoms with Gasteiger partial charge in [0.25, 0.3) is 0 Å². The summed E-state index contributed by atoms with van der Waals surface area (Å²) in [5.41, 5.74) is 7.90. The molecule has 0 spiro atoms. The first-order chi connectivity index (χ1) is 7.84. The number of benzene rings is 1. The molecule has 1 aromatic rings. The zero-order valence-corrected chi connectivity index (χ0v) is 9.82. The van der Waals surface area contributed by atoms with Crippen LogP contribution in [0.2, 0.25) is 0 Å². The zero-order valence-electron chi connectivity index (χ0n) is 9.82. The minimum absolute atomic E-state index is 0.542. The Balaban J connectivity index is 1.64. The van der Waals surface area contributed by atoms with E-state index >= 15 is 0 Å². The summed E-state index contributed by atoms with van der Waals surface area (Å²) in [7, 11) is 0. The number of hydrogen-bond acceptors (Lipinski definition) is 2. The van der Waals surface area contributed by atoms with E-state index in [0.717, 1.165) is 25.1 Å². The quantitative estimate of drug-likeness (QED) is 0.610. The Morgan fingerprint density at radius 1 is 1.25 bits per heavy atom. The fourth-order valence-corrected chi connectivity index (χ4v) is 2.33. The second-order valence-electron chi connectivity index (χ2n) is 4.63. The Morgan fingerprint density at radius 2 is 2.06 bits per heavy atom. The van der Waals surface area contributed by atoms with Crippen LogP contribution in [0.3, 0.4) is 0 Å². The minimum atomic E-state index is 0.542. The average molecular weight is 219 g/mol. The van der Waals surface area contributed by atoms with E-state index < -0.39 is 0 Å². The van der Waals surface area contributed by atoms with Crippen molar-refractivity contribution in [1.29, 1.82) is 0 Å². The largest absolute Gasteiger partial charge is 0.399 e. The molecule has 0 amide bonds. The van der Waals surface area contributed by atoms with Crippen molar-refractivity contribution in [1.82, 2.24) is 0 Å². The highest BCUT2D eigenvalue weighted by atomic mass is 16.5. The van der Waals surface area contributed by atoms with Gasteiger partial charge in [-0.15, -0.1) is 0 Å². The van der Waals surface area contributed by atoms with Gasteiger partial charge in [-0.05, 0) is 43.4 Å². The van der Waals surface area contributed by atoms with Gasteiger partial charge in [-0.2, -0.15) is 0 Å². The molecule has 0 radical (unpaired) electrons. The number of rotatable bonds is 5. The number of ether oxygens (including phenoxy) is 1. The van der Waals surface area contributed by atoms with E-state index in [1.165, 1.54) is 31.2 Å². The summed E-state index contributed by atoms with van der Waals surface area (Å²) in [4.78, 5) is 0. The molecule has 1 aliphatic carbocycles. The van der Waals surface area contributed by atoms with Gasteiger partial charge < -0.3 is 10.5 Å². The normalized spacial score (nSPS) is 16.8. The first-order valence-corrected chi connectivity index (χ1v) is 6.30. The maximum Gasteiger partial charge on any atom is 0.0575 e. The number of hydrogen-bond donors (Lipinski definition) is 1. The Hall–Kier alpha value is -1.02. The summed E-state index contributed by atoms with van der Waals surface area (Å²) in [6, 6.07) is 8.13. The van der Waals surface area contributed by atoms with Gasteiger partial charge in [0.05, 0.1) is 6.10 Å². The molecule has 0 heterocycles. The molecule has 2 rings (SSSR count). The van der Waals surface area contributed by atoms with Crippen LogP contribution < -0.4 is 5.73 Å². The van der Waals surface area contributed by atoms with E-state index in [1.54, 1.807) is 0 Å². The summed E-state index contributed by atoms with van der Waals surface area (Å²) in [5.74, 6) is 0. The molecule has 1 aliphatic rings. The van der Waals surface area contributed by atoms with Crippen molar-refractivity contribution < 1.29 is 4.74 Å². The third kappa shape index (κ3) is 3.53. The Bertz CT molecular complexity index is 318. The molecule has 1 saturated carbocycles. The molecule has 0 unspecified atom stereocenters. The summed E-state index contributed by atoms with van der Waals surface area (Å²) in [6.45, 7) is 0.888. The highest BCUT2D eigenvalue weighted by Gasteiger charge is 2.14. The predicted molar refractivity (Wildman–Crippen MR) is 67.4 cm³/mol. The molecule has 0 aromatic heterocycles. The molecule has 2 N–H and O–H groups in total. The molecule has 88 valence electrons. The van der Waals surface area contributed by atoms with Crippen molar-refractivity contribution in [2.24, 2.45) is 0 Å². The Morgan fingerprint density at radius 3 is 2.81 bits per heavy atom. The van der Waals surface area contributed by atoms with Crippen LogP contribution in [0, 0.1) is 0 Å². The van der Waals surface area contributed by atoms with Crippen molar-refractivity contribution >= 4 is 5.69 Å². The van der Waals surface area contributed by atoms with E-state index in [9.17, 15) is 0 Å². The SMILES string of the molecule is Nc1cccc(CCCOC2CCCC2)c1. The highest BCUT2D eigenvalue weighted by Crippen LogP contribution is 2.21. The van der Waals surface area contributed by atoms with E-state index in [2.05, 4.69) is 12.1 Å². The lowest BCUT2D eigenvalue weighted by Gasteiger charge is -2.10. The molecule has 0 atom stereocenters. The summed E-state index contributed by atoms with van der Waals surface area (Å²) in [5, 5.41) is 0. The lowest BCUT2D eigenvalue weighted by atomic mass is 10.1. The molecular formula is C14H21NO. The Labute approximate surface area is 97.8 Å². The van der Waals surface area contributed by atoms with Gasteiger partial charge in [0, 0.05) is 12.3 Å². The molecular weight excluding hydrogens is 198 g/mol. The second kappa shape index (κ2) is 5.90. The van der Waals surface area contributed by atoms with Crippen molar-refractivity contribution in [2.45, 2.75) is 44.6 Å². The van der Waals surface area contributed by atoms with Gasteiger partial charge in [-0.3, -0.25) is 0 Å². The smallest absolute Gasteiger partial charge is 0.0575 e. The van der Waals surface area contributed by atoms with Crippen molar-refractivity contribution in [2.75, 3.05) is 12.3 Å². The third-order valence-electron chi connectivity index (χ3n) is 3.22. The molecule has 0 bridgehead atoms. The summed E-state index contributed by atoms with van der Waals surface area (Å²) < 4.78 is 5.82. The predicted octanol–water partition coefficient (Wildman–Crippen LogP) is 3.16. The first-order valence-electron chi connectivity index (χ1n) is 6.30. The highest BCUT2D eigenvalue weighted by molar-refractivity contribution is 5.40. The summed E-state index contributed by atoms with van der Waals surface area (Å²) in [6.07, 6.45) is 7.93. The van der Waals surface area contributed by atoms with Gasteiger partial charge >= 0.3 is 0 Å². The fourth-order valence-electron chi connectivity index (χ4n) is 2.33. The number of nitrogens with two attached hydrogens (primary N) is 1. The van der Waals surface area contributed by atoms with E-state index in [4.69, 9.17) is 10.5 Å². The van der Waals surface area contributed by atoms with Crippen molar-refractivity contribution in [3.8, 4) is 0 Å². The first kappa shape index (κ1) is 11.5. The molecule has 2 nitrogen and oxygen atoms in total. The van der Waals surface area contributed by atoms with Gasteiger partial charge in [-0.25, -0.2) is 0 Å². The van der Waals surface area contributed by atoms with E-state index in [-0.39, 0.29) is 0 Å². The topological polar surface area (TPSA) is 35.2 Å². The van der Waals surface area contributed by atoms with Gasteiger partial charge in [-0.1, -0.05) is 25.0 Å². The van der Waals surface area contributed by atoms with Gasteiger partial charge in [0.1, 0.15) is 0 Å². The van der Waals surface area contributed by atoms with Gasteiger partial charge in [0.15, 0.2) is 0 Å². The van der Waals surface area contributed by atoms with E-state index in [0.29, 0.717) is 6.10 Å². The molecule has 0 aliphatic heterocycles. The maximum atomic E-state index is 5.82. The van der Waals surface area contributed by atoms with Crippen LogP contribution >= 0.6 is 0 Å². The number of nitrogen functional groups attached to an aromatic ring is 1. The lowest BCUT2D eigenvalue weighted by molar-refractivity contribution is 0.0569. The third-order valence-corrected chi connectivity index (χ3v) is 3.22. The van der Waals surface area contributed by atoms with Crippen LogP contribution in [0.5, 0.6) is 0 Å². The molecule has 1 aromatic carbocycles. The van der Waals surface area contributed by atoms with Crippen LogP contribution in [0.15, 0.2) is 24.3 Å². The zero-order chi connectivity index (χ0) is 11.2. The second-order valence-corrected chi connectivity index (χ2v) is 4.63. The van der Waals surface area contributed by atoms with Crippen LogP contribution in [0.4, 0.5) is 5.69 Å². The standard InChI is InChI=1S/C14H21NO/c15-13-7-3-5-12(11-13)6-4-10-16-14-8-1-2-9-14/h3,5,7,11,14H,1-2,4,6,8-10,15H2. The molecule has 1 fully saturated rings. The van der Waals surface area contributed by atoms with E-state index in [1.807, 2.05) is 12.1 Å². The molecule has 16 heavy (non-hydrogen) atoms. The van der Waals surface area contributed by atoms with Crippen LogP contribution in [-0.2, 0) is 11.2 Å². The lowest BCUT2D eigenvalue weighted by Crippen LogP contribution is -2.09. The number of anilines is 1. The van der Waals surface area contributed by atoms with Crippen LogP contribution in [0.25, 0.3) is 0 Å². The average Bonchev–Trinajstić information content (AvgIpc) is 2.77.